The number of nitro benzene ring substituents is 1. The Labute approximate surface area is 94.0 Å². The molecule has 0 fully saturated rings. The van der Waals surface area contributed by atoms with Gasteiger partial charge in [-0.15, -0.1) is 0 Å². The molecule has 0 aliphatic heterocycles. The lowest BCUT2D eigenvalue weighted by atomic mass is 10.1. The molecule has 1 aromatic carbocycles. The van der Waals surface area contributed by atoms with Crippen LogP contribution < -0.4 is 0 Å². The number of carbonyl (C=O) groups is 1. The minimum atomic E-state index is -3.01. The van der Waals surface area contributed by atoms with Gasteiger partial charge in [0.2, 0.25) is 0 Å². The Balaban J connectivity index is 3.49. The van der Waals surface area contributed by atoms with Gasteiger partial charge in [-0.2, -0.15) is 0 Å². The van der Waals surface area contributed by atoms with Crippen LogP contribution in [-0.2, 0) is 0 Å². The number of Topliss-reactive ketones (excluding diaryl/α,β-unsaturated/α-hetero) is 1. The lowest BCUT2D eigenvalue weighted by Gasteiger charge is -2.05. The zero-order valence-electron chi connectivity index (χ0n) is 8.04. The van der Waals surface area contributed by atoms with Gasteiger partial charge in [0.15, 0.2) is 5.78 Å². The van der Waals surface area contributed by atoms with E-state index in [4.69, 9.17) is 11.6 Å². The van der Waals surface area contributed by atoms with E-state index in [-0.39, 0.29) is 10.6 Å². The fourth-order valence-corrected chi connectivity index (χ4v) is 1.49. The summed E-state index contributed by atoms with van der Waals surface area (Å²) in [6.07, 6.45) is -3.01. The first kappa shape index (κ1) is 12.5. The van der Waals surface area contributed by atoms with Gasteiger partial charge in [0.1, 0.15) is 0 Å². The first-order valence-electron chi connectivity index (χ1n) is 4.11. The number of nitrogens with zero attached hydrogens (tertiary/aromatic N) is 1. The Kier molecular flexibility index (Phi) is 3.54. The lowest BCUT2D eigenvalue weighted by molar-refractivity contribution is -0.386. The highest BCUT2D eigenvalue weighted by Gasteiger charge is 2.24. The number of benzene rings is 1. The Morgan fingerprint density at radius 1 is 1.50 bits per heavy atom. The number of nitro groups is 1. The van der Waals surface area contributed by atoms with Gasteiger partial charge in [0.25, 0.3) is 12.1 Å². The fraction of sp³-hybridized carbons (Fsp3) is 0.222. The second-order valence-corrected chi connectivity index (χ2v) is 3.41. The van der Waals surface area contributed by atoms with Crippen molar-refractivity contribution in [3.63, 3.8) is 0 Å². The predicted molar refractivity (Wildman–Crippen MR) is 53.1 cm³/mol. The minimum absolute atomic E-state index is 0.141. The average molecular weight is 250 g/mol. The Hall–Kier alpha value is -1.56. The molecular weight excluding hydrogens is 244 g/mol. The molecule has 0 saturated heterocycles. The van der Waals surface area contributed by atoms with Crippen molar-refractivity contribution in [3.8, 4) is 0 Å². The topological polar surface area (TPSA) is 60.2 Å². The molecule has 0 amide bonds. The summed E-state index contributed by atoms with van der Waals surface area (Å²) in [6, 6.07) is 1.52. The van der Waals surface area contributed by atoms with Crippen molar-refractivity contribution >= 4 is 23.1 Å². The fourth-order valence-electron chi connectivity index (χ4n) is 1.18. The summed E-state index contributed by atoms with van der Waals surface area (Å²) in [4.78, 5) is 20.6. The van der Waals surface area contributed by atoms with Gasteiger partial charge >= 0.3 is 0 Å². The van der Waals surface area contributed by atoms with E-state index in [1.54, 1.807) is 0 Å². The number of rotatable bonds is 3. The molecule has 1 rings (SSSR count). The molecular formula is C9H6ClF2NO3. The molecule has 1 aromatic rings. The van der Waals surface area contributed by atoms with Gasteiger partial charge in [-0.25, -0.2) is 8.78 Å². The molecule has 16 heavy (non-hydrogen) atoms. The van der Waals surface area contributed by atoms with Gasteiger partial charge < -0.3 is 0 Å². The monoisotopic (exact) mass is 249 g/mol. The maximum Gasteiger partial charge on any atom is 0.279 e. The van der Waals surface area contributed by atoms with E-state index < -0.39 is 28.4 Å². The highest BCUT2D eigenvalue weighted by Crippen LogP contribution is 2.33. The smallest absolute Gasteiger partial charge is 0.279 e. The second-order valence-electron chi connectivity index (χ2n) is 3.00. The number of halogens is 3. The van der Waals surface area contributed by atoms with Gasteiger partial charge in [0.05, 0.1) is 15.5 Å². The van der Waals surface area contributed by atoms with Crippen LogP contribution in [0.1, 0.15) is 29.3 Å². The van der Waals surface area contributed by atoms with Crippen LogP contribution in [-0.4, -0.2) is 10.7 Å². The molecule has 0 heterocycles. The van der Waals surface area contributed by atoms with Crippen LogP contribution in [0.5, 0.6) is 0 Å². The van der Waals surface area contributed by atoms with Crippen LogP contribution in [0.3, 0.4) is 0 Å². The molecule has 86 valence electrons. The van der Waals surface area contributed by atoms with Gasteiger partial charge in [-0.3, -0.25) is 14.9 Å². The van der Waals surface area contributed by atoms with Crippen LogP contribution in [0.15, 0.2) is 12.1 Å². The number of ketones is 1. The lowest BCUT2D eigenvalue weighted by Crippen LogP contribution is -2.01. The normalized spacial score (nSPS) is 10.6. The highest BCUT2D eigenvalue weighted by atomic mass is 35.5. The molecule has 0 saturated carbocycles. The molecule has 0 atom stereocenters. The summed E-state index contributed by atoms with van der Waals surface area (Å²) >= 11 is 5.57. The third kappa shape index (κ3) is 2.33. The van der Waals surface area contributed by atoms with E-state index in [2.05, 4.69) is 0 Å². The number of hydrogen-bond acceptors (Lipinski definition) is 3. The van der Waals surface area contributed by atoms with Gasteiger partial charge in [0, 0.05) is 11.6 Å². The molecule has 0 bridgehead atoms. The number of hydrogen-bond donors (Lipinski definition) is 0. The third-order valence-electron chi connectivity index (χ3n) is 1.93. The van der Waals surface area contributed by atoms with Crippen molar-refractivity contribution in [2.24, 2.45) is 0 Å². The van der Waals surface area contributed by atoms with Crippen molar-refractivity contribution in [2.75, 3.05) is 0 Å². The van der Waals surface area contributed by atoms with Gasteiger partial charge in [-0.1, -0.05) is 11.6 Å². The highest BCUT2D eigenvalue weighted by molar-refractivity contribution is 6.34. The molecule has 0 unspecified atom stereocenters. The maximum absolute atomic E-state index is 12.5. The van der Waals surface area contributed by atoms with Crippen LogP contribution in [0, 0.1) is 10.1 Å². The molecule has 7 heteroatoms. The van der Waals surface area contributed by atoms with Crippen LogP contribution >= 0.6 is 11.6 Å². The van der Waals surface area contributed by atoms with E-state index in [9.17, 15) is 23.7 Å². The standard InChI is InChI=1S/C9H6ClF2NO3/c1-4(14)5-3-8(13(15)16)6(9(11)12)2-7(5)10/h2-3,9H,1H3. The first-order valence-corrected chi connectivity index (χ1v) is 4.49. The summed E-state index contributed by atoms with van der Waals surface area (Å²) < 4.78 is 24.9. The van der Waals surface area contributed by atoms with E-state index in [1.807, 2.05) is 0 Å². The zero-order chi connectivity index (χ0) is 12.5. The van der Waals surface area contributed by atoms with Crippen LogP contribution in [0.4, 0.5) is 14.5 Å². The quantitative estimate of drug-likeness (QED) is 0.469. The molecule has 0 aromatic heterocycles. The second kappa shape index (κ2) is 4.52. The number of alkyl halides is 2. The van der Waals surface area contributed by atoms with Crippen LogP contribution in [0.25, 0.3) is 0 Å². The van der Waals surface area contributed by atoms with Gasteiger partial charge in [-0.05, 0) is 13.0 Å². The van der Waals surface area contributed by atoms with E-state index in [0.717, 1.165) is 19.1 Å². The van der Waals surface area contributed by atoms with Crippen molar-refractivity contribution in [1.29, 1.82) is 0 Å². The number of carbonyl (C=O) groups excluding carboxylic acids is 1. The van der Waals surface area contributed by atoms with Crippen molar-refractivity contribution in [1.82, 2.24) is 0 Å². The average Bonchev–Trinajstić information content (AvgIpc) is 2.15. The molecule has 0 N–H and O–H groups in total. The zero-order valence-corrected chi connectivity index (χ0v) is 8.79. The first-order chi connectivity index (χ1) is 7.34. The molecule has 4 nitrogen and oxygen atoms in total. The maximum atomic E-state index is 12.5. The van der Waals surface area contributed by atoms with E-state index >= 15 is 0 Å². The minimum Gasteiger partial charge on any atom is -0.294 e. The summed E-state index contributed by atoms with van der Waals surface area (Å²) in [6.45, 7) is 1.15. The van der Waals surface area contributed by atoms with Crippen molar-refractivity contribution in [3.05, 3.63) is 38.4 Å². The Morgan fingerprint density at radius 3 is 2.44 bits per heavy atom. The molecule has 0 radical (unpaired) electrons. The van der Waals surface area contributed by atoms with Crippen molar-refractivity contribution in [2.45, 2.75) is 13.3 Å². The van der Waals surface area contributed by atoms with E-state index in [1.165, 1.54) is 0 Å². The SMILES string of the molecule is CC(=O)c1cc([N+](=O)[O-])c(C(F)F)cc1Cl. The molecule has 0 spiro atoms. The summed E-state index contributed by atoms with van der Waals surface area (Å²) in [5.41, 5.74) is -1.73. The molecule has 0 aliphatic rings. The largest absolute Gasteiger partial charge is 0.294 e. The van der Waals surface area contributed by atoms with Crippen LogP contribution in [0.2, 0.25) is 5.02 Å². The summed E-state index contributed by atoms with van der Waals surface area (Å²) in [5.74, 6) is -0.520. The third-order valence-corrected chi connectivity index (χ3v) is 2.24. The Bertz CT molecular complexity index is 462. The van der Waals surface area contributed by atoms with Crippen molar-refractivity contribution < 1.29 is 18.5 Å². The predicted octanol–water partition coefficient (Wildman–Crippen LogP) is 3.39. The Morgan fingerprint density at radius 2 is 2.06 bits per heavy atom. The van der Waals surface area contributed by atoms with E-state index in [0.29, 0.717) is 0 Å². The molecule has 0 aliphatic carbocycles. The summed E-state index contributed by atoms with van der Waals surface area (Å²) in [5, 5.41) is 10.3. The summed E-state index contributed by atoms with van der Waals surface area (Å²) in [7, 11) is 0.